The summed E-state index contributed by atoms with van der Waals surface area (Å²) in [6.07, 6.45) is -0.482. The fraction of sp³-hybridized carbons (Fsp3) is 0.667. The zero-order valence-corrected chi connectivity index (χ0v) is 10.8. The van der Waals surface area contributed by atoms with Crippen molar-refractivity contribution in [2.24, 2.45) is 0 Å². The Balaban J connectivity index is 3.95. The first-order chi connectivity index (χ1) is 7.86. The van der Waals surface area contributed by atoms with Crippen LogP contribution in [-0.4, -0.2) is 24.5 Å². The summed E-state index contributed by atoms with van der Waals surface area (Å²) in [6, 6.07) is 0. The van der Waals surface area contributed by atoms with E-state index in [1.165, 1.54) is 0 Å². The van der Waals surface area contributed by atoms with Crippen molar-refractivity contribution in [2.75, 3.05) is 0 Å². The van der Waals surface area contributed by atoms with E-state index in [0.29, 0.717) is 12.8 Å². The highest BCUT2D eigenvalue weighted by molar-refractivity contribution is 5.86. The first kappa shape index (κ1) is 15.6. The van der Waals surface area contributed by atoms with Crippen molar-refractivity contribution in [1.29, 1.82) is 0 Å². The molecule has 0 radical (unpaired) electrons. The molecule has 0 bridgehead atoms. The van der Waals surface area contributed by atoms with Gasteiger partial charge >= 0.3 is 11.9 Å². The van der Waals surface area contributed by atoms with E-state index < -0.39 is 18.5 Å². The van der Waals surface area contributed by atoms with E-state index in [2.05, 4.69) is 6.58 Å². The molecule has 0 aromatic heterocycles. The molecular formula is C12H20O5. The summed E-state index contributed by atoms with van der Waals surface area (Å²) in [4.78, 5) is 22.3. The number of ether oxygens (including phenoxy) is 3. The minimum atomic E-state index is -0.788. The first-order valence-corrected chi connectivity index (χ1v) is 5.58. The molecule has 0 spiro atoms. The molecule has 0 saturated carbocycles. The highest BCUT2D eigenvalue weighted by Crippen LogP contribution is 2.06. The van der Waals surface area contributed by atoms with Crippen molar-refractivity contribution < 1.29 is 23.8 Å². The lowest BCUT2D eigenvalue weighted by Gasteiger charge is -2.19. The second-order valence-electron chi connectivity index (χ2n) is 3.70. The Labute approximate surface area is 102 Å². The topological polar surface area (TPSA) is 61.8 Å². The fourth-order valence-electron chi connectivity index (χ4n) is 1.02. The summed E-state index contributed by atoms with van der Waals surface area (Å²) in [7, 11) is 0. The van der Waals surface area contributed by atoms with Gasteiger partial charge in [-0.3, -0.25) is 4.79 Å². The molecule has 0 aromatic carbocycles. The van der Waals surface area contributed by atoms with Gasteiger partial charge in [-0.1, -0.05) is 13.5 Å². The quantitative estimate of drug-likeness (QED) is 0.390. The van der Waals surface area contributed by atoms with Gasteiger partial charge in [-0.15, -0.1) is 0 Å². The summed E-state index contributed by atoms with van der Waals surface area (Å²) in [6.45, 7) is 9.98. The number of hydrogen-bond acceptors (Lipinski definition) is 5. The lowest BCUT2D eigenvalue weighted by atomic mass is 10.3. The van der Waals surface area contributed by atoms with Crippen molar-refractivity contribution in [3.8, 4) is 0 Å². The standard InChI is InChI=1S/C12H20O5/c1-6-7-11(13)16-9(4)15-10(5)17-12(14)8(2)3/h9-10H,2,6-7H2,1,3-5H3. The van der Waals surface area contributed by atoms with Gasteiger partial charge in [-0.25, -0.2) is 4.79 Å². The minimum absolute atomic E-state index is 0.288. The average molecular weight is 244 g/mol. The molecule has 0 aliphatic carbocycles. The molecule has 2 atom stereocenters. The van der Waals surface area contributed by atoms with Crippen molar-refractivity contribution in [3.05, 3.63) is 12.2 Å². The SMILES string of the molecule is C=C(C)C(=O)OC(C)OC(C)OC(=O)CCC. The smallest absolute Gasteiger partial charge is 0.335 e. The van der Waals surface area contributed by atoms with Crippen molar-refractivity contribution in [1.82, 2.24) is 0 Å². The van der Waals surface area contributed by atoms with Gasteiger partial charge in [0.2, 0.25) is 12.6 Å². The van der Waals surface area contributed by atoms with E-state index in [0.717, 1.165) is 0 Å². The van der Waals surface area contributed by atoms with Crippen LogP contribution in [0.1, 0.15) is 40.5 Å². The molecular weight excluding hydrogens is 224 g/mol. The predicted octanol–water partition coefficient (Wildman–Crippen LogP) is 2.16. The third-order valence-electron chi connectivity index (χ3n) is 1.76. The zero-order chi connectivity index (χ0) is 13.4. The van der Waals surface area contributed by atoms with Gasteiger partial charge in [-0.05, 0) is 27.2 Å². The minimum Gasteiger partial charge on any atom is -0.436 e. The first-order valence-electron chi connectivity index (χ1n) is 5.58. The molecule has 98 valence electrons. The van der Waals surface area contributed by atoms with Crippen molar-refractivity contribution in [3.63, 3.8) is 0 Å². The van der Waals surface area contributed by atoms with Crippen LogP contribution in [0.3, 0.4) is 0 Å². The van der Waals surface area contributed by atoms with Crippen molar-refractivity contribution >= 4 is 11.9 Å². The average Bonchev–Trinajstić information content (AvgIpc) is 2.16. The van der Waals surface area contributed by atoms with Crippen LogP contribution < -0.4 is 0 Å². The van der Waals surface area contributed by atoms with E-state index in [1.807, 2.05) is 6.92 Å². The van der Waals surface area contributed by atoms with Crippen LogP contribution in [0.15, 0.2) is 12.2 Å². The van der Waals surface area contributed by atoms with Crippen LogP contribution in [0, 0.1) is 0 Å². The van der Waals surface area contributed by atoms with Gasteiger partial charge in [0.1, 0.15) is 0 Å². The normalized spacial score (nSPS) is 13.6. The second kappa shape index (κ2) is 7.84. The van der Waals surface area contributed by atoms with Gasteiger partial charge in [0.05, 0.1) is 0 Å². The molecule has 0 aliphatic heterocycles. The predicted molar refractivity (Wildman–Crippen MR) is 61.9 cm³/mol. The second-order valence-corrected chi connectivity index (χ2v) is 3.70. The molecule has 0 rings (SSSR count). The maximum atomic E-state index is 11.1. The third kappa shape index (κ3) is 7.52. The molecule has 0 saturated heterocycles. The van der Waals surface area contributed by atoms with Crippen LogP contribution in [0.25, 0.3) is 0 Å². The Bertz CT molecular complexity index is 285. The van der Waals surface area contributed by atoms with Gasteiger partial charge < -0.3 is 14.2 Å². The van der Waals surface area contributed by atoms with Gasteiger partial charge in [0, 0.05) is 12.0 Å². The summed E-state index contributed by atoms with van der Waals surface area (Å²) < 4.78 is 15.0. The van der Waals surface area contributed by atoms with Crippen LogP contribution in [0.5, 0.6) is 0 Å². The Morgan fingerprint density at radius 1 is 1.18 bits per heavy atom. The molecule has 5 nitrogen and oxygen atoms in total. The van der Waals surface area contributed by atoms with Crippen LogP contribution in [0.2, 0.25) is 0 Å². The lowest BCUT2D eigenvalue weighted by Crippen LogP contribution is -2.26. The number of hydrogen-bond donors (Lipinski definition) is 0. The number of carbonyl (C=O) groups excluding carboxylic acids is 2. The number of carbonyl (C=O) groups is 2. The molecule has 0 aromatic rings. The fourth-order valence-corrected chi connectivity index (χ4v) is 1.02. The van der Waals surface area contributed by atoms with E-state index in [-0.39, 0.29) is 11.5 Å². The molecule has 0 aliphatic rings. The van der Waals surface area contributed by atoms with Crippen LogP contribution >= 0.6 is 0 Å². The number of rotatable bonds is 7. The van der Waals surface area contributed by atoms with Crippen LogP contribution in [0.4, 0.5) is 0 Å². The summed E-state index contributed by atoms with van der Waals surface area (Å²) in [5.41, 5.74) is 0.288. The summed E-state index contributed by atoms with van der Waals surface area (Å²) in [5.74, 6) is -0.872. The van der Waals surface area contributed by atoms with Gasteiger partial charge in [-0.2, -0.15) is 0 Å². The molecule has 0 heterocycles. The molecule has 0 N–H and O–H groups in total. The van der Waals surface area contributed by atoms with E-state index in [9.17, 15) is 9.59 Å². The maximum Gasteiger partial charge on any atom is 0.335 e. The van der Waals surface area contributed by atoms with E-state index in [1.54, 1.807) is 20.8 Å². The van der Waals surface area contributed by atoms with E-state index >= 15 is 0 Å². The largest absolute Gasteiger partial charge is 0.436 e. The monoisotopic (exact) mass is 244 g/mol. The molecule has 5 heteroatoms. The van der Waals surface area contributed by atoms with Gasteiger partial charge in [0.25, 0.3) is 0 Å². The Hall–Kier alpha value is -1.36. The van der Waals surface area contributed by atoms with Crippen molar-refractivity contribution in [2.45, 2.75) is 53.1 Å². The Morgan fingerprint density at radius 2 is 1.71 bits per heavy atom. The molecule has 0 fully saturated rings. The van der Waals surface area contributed by atoms with E-state index in [4.69, 9.17) is 14.2 Å². The Kier molecular flexibility index (Phi) is 7.21. The molecule has 0 amide bonds. The molecule has 2 unspecified atom stereocenters. The number of esters is 2. The highest BCUT2D eigenvalue weighted by atomic mass is 16.8. The molecule has 17 heavy (non-hydrogen) atoms. The Morgan fingerprint density at radius 3 is 2.18 bits per heavy atom. The summed E-state index contributed by atoms with van der Waals surface area (Å²) >= 11 is 0. The van der Waals surface area contributed by atoms with Gasteiger partial charge in [0.15, 0.2) is 0 Å². The lowest BCUT2D eigenvalue weighted by molar-refractivity contribution is -0.225. The highest BCUT2D eigenvalue weighted by Gasteiger charge is 2.16. The van der Waals surface area contributed by atoms with Crippen LogP contribution in [-0.2, 0) is 23.8 Å². The summed E-state index contributed by atoms with van der Waals surface area (Å²) in [5, 5.41) is 0. The zero-order valence-electron chi connectivity index (χ0n) is 10.8. The maximum absolute atomic E-state index is 11.1. The third-order valence-corrected chi connectivity index (χ3v) is 1.76.